The summed E-state index contributed by atoms with van der Waals surface area (Å²) < 4.78 is 6.49. The fraction of sp³-hybridized carbons (Fsp3) is 0.900. The van der Waals surface area contributed by atoms with Gasteiger partial charge in [0.15, 0.2) is 0 Å². The second-order valence-corrected chi connectivity index (χ2v) is 13.2. The number of hydrogen-bond donors (Lipinski definition) is 2. The third-order valence-electron chi connectivity index (χ3n) is 8.95. The van der Waals surface area contributed by atoms with Crippen molar-refractivity contribution in [1.29, 1.82) is 0 Å². The minimum absolute atomic E-state index is 0.0458. The molecule has 0 aliphatic rings. The first-order chi connectivity index (χ1) is 21.3. The lowest BCUT2D eigenvalue weighted by Crippen LogP contribution is -2.19. The number of unbranched alkanes of at least 4 members (excludes halogenated alkanes) is 26. The Morgan fingerprint density at radius 2 is 0.605 bits per heavy atom. The zero-order valence-electron chi connectivity index (χ0n) is 29.4. The molecule has 0 radical (unpaired) electrons. The van der Waals surface area contributed by atoms with Crippen LogP contribution in [0.1, 0.15) is 206 Å². The van der Waals surface area contributed by atoms with Crippen molar-refractivity contribution in [1.82, 2.24) is 0 Å². The first-order valence-electron chi connectivity index (χ1n) is 19.5. The average molecular weight is 607 g/mol. The predicted octanol–water partition coefficient (Wildman–Crippen LogP) is 12.6. The smallest absolute Gasteiger partial charge is 0.0764 e. The summed E-state index contributed by atoms with van der Waals surface area (Å²) in [7, 11) is 0. The van der Waals surface area contributed by atoms with Gasteiger partial charge in [0.25, 0.3) is 0 Å². The van der Waals surface area contributed by atoms with Crippen LogP contribution in [0.4, 0.5) is 0 Å². The second-order valence-electron chi connectivity index (χ2n) is 13.2. The number of ether oxygens (including phenoxy) is 1. The van der Waals surface area contributed by atoms with Gasteiger partial charge in [-0.3, -0.25) is 0 Å². The first kappa shape index (κ1) is 42.4. The van der Waals surface area contributed by atoms with Crippen LogP contribution >= 0.6 is 0 Å². The SMILES string of the molecule is CCCCCCCCCCCCCCCCC(C=CCO)OC(C=CCO)CCCCCCCCCCCCCCCC. The summed E-state index contributed by atoms with van der Waals surface area (Å²) in [5, 5.41) is 18.7. The molecule has 0 aliphatic carbocycles. The van der Waals surface area contributed by atoms with Gasteiger partial charge in [-0.2, -0.15) is 0 Å². The van der Waals surface area contributed by atoms with Crippen LogP contribution in [0.25, 0.3) is 0 Å². The molecule has 2 atom stereocenters. The Hall–Kier alpha value is -0.640. The fourth-order valence-corrected chi connectivity index (χ4v) is 6.15. The van der Waals surface area contributed by atoms with Gasteiger partial charge < -0.3 is 14.9 Å². The van der Waals surface area contributed by atoms with Crippen LogP contribution in [0.15, 0.2) is 24.3 Å². The van der Waals surface area contributed by atoms with E-state index < -0.39 is 0 Å². The molecule has 0 saturated carbocycles. The van der Waals surface area contributed by atoms with Crippen LogP contribution in [0.5, 0.6) is 0 Å². The van der Waals surface area contributed by atoms with Crippen molar-refractivity contribution in [2.24, 2.45) is 0 Å². The molecular weight excluding hydrogens is 528 g/mol. The highest BCUT2D eigenvalue weighted by molar-refractivity contribution is 4.94. The van der Waals surface area contributed by atoms with Gasteiger partial charge in [-0.15, -0.1) is 0 Å². The molecule has 0 bridgehead atoms. The van der Waals surface area contributed by atoms with Crippen LogP contribution in [-0.2, 0) is 4.74 Å². The van der Waals surface area contributed by atoms with Gasteiger partial charge in [-0.05, 0) is 12.8 Å². The molecule has 0 fully saturated rings. The molecule has 0 aliphatic heterocycles. The zero-order chi connectivity index (χ0) is 31.3. The maximum absolute atomic E-state index is 9.34. The highest BCUT2D eigenvalue weighted by Crippen LogP contribution is 2.19. The molecule has 0 rings (SSSR count). The lowest BCUT2D eigenvalue weighted by Gasteiger charge is -2.21. The van der Waals surface area contributed by atoms with E-state index in [1.807, 2.05) is 24.3 Å². The Labute approximate surface area is 270 Å². The monoisotopic (exact) mass is 607 g/mol. The van der Waals surface area contributed by atoms with Crippen molar-refractivity contribution in [3.63, 3.8) is 0 Å². The van der Waals surface area contributed by atoms with Crippen molar-refractivity contribution in [3.8, 4) is 0 Å². The van der Waals surface area contributed by atoms with Crippen molar-refractivity contribution in [2.45, 2.75) is 219 Å². The molecule has 0 spiro atoms. The van der Waals surface area contributed by atoms with E-state index in [4.69, 9.17) is 4.74 Å². The number of aliphatic hydroxyl groups excluding tert-OH is 2. The maximum Gasteiger partial charge on any atom is 0.0764 e. The summed E-state index contributed by atoms with van der Waals surface area (Å²) in [5.41, 5.74) is 0. The van der Waals surface area contributed by atoms with Gasteiger partial charge in [0.05, 0.1) is 25.4 Å². The standard InChI is InChI=1S/C40H78O3/c1-3-5-7-9-11-13-15-17-19-21-23-25-27-29-33-39(35-31-37-41)43-40(36-32-38-42)34-30-28-26-24-22-20-18-16-14-12-10-8-6-4-2/h31-32,35-36,39-42H,3-30,33-34,37-38H2,1-2H3. The van der Waals surface area contributed by atoms with Gasteiger partial charge in [0.2, 0.25) is 0 Å². The zero-order valence-corrected chi connectivity index (χ0v) is 29.4. The molecule has 0 aromatic carbocycles. The molecule has 3 heteroatoms. The molecular formula is C40H78O3. The summed E-state index contributed by atoms with van der Waals surface area (Å²) in [6, 6.07) is 0. The van der Waals surface area contributed by atoms with Crippen LogP contribution in [-0.4, -0.2) is 35.6 Å². The molecule has 256 valence electrons. The van der Waals surface area contributed by atoms with E-state index in [-0.39, 0.29) is 25.4 Å². The molecule has 0 saturated heterocycles. The molecule has 2 unspecified atom stereocenters. The van der Waals surface area contributed by atoms with Gasteiger partial charge in [0, 0.05) is 0 Å². The van der Waals surface area contributed by atoms with Crippen LogP contribution < -0.4 is 0 Å². The largest absolute Gasteiger partial charge is 0.392 e. The van der Waals surface area contributed by atoms with E-state index in [2.05, 4.69) is 13.8 Å². The van der Waals surface area contributed by atoms with Gasteiger partial charge in [0.1, 0.15) is 0 Å². The molecule has 3 nitrogen and oxygen atoms in total. The first-order valence-corrected chi connectivity index (χ1v) is 19.5. The maximum atomic E-state index is 9.34. The van der Waals surface area contributed by atoms with Gasteiger partial charge in [-0.25, -0.2) is 0 Å². The Balaban J connectivity index is 3.98. The van der Waals surface area contributed by atoms with Crippen LogP contribution in [0, 0.1) is 0 Å². The van der Waals surface area contributed by atoms with Gasteiger partial charge in [-0.1, -0.05) is 218 Å². The average Bonchev–Trinajstić information content (AvgIpc) is 3.02. The number of hydrogen-bond acceptors (Lipinski definition) is 3. The summed E-state index contributed by atoms with van der Waals surface area (Å²) in [6.07, 6.45) is 48.3. The Bertz CT molecular complexity index is 510. The topological polar surface area (TPSA) is 49.7 Å². The molecule has 0 aromatic rings. The Morgan fingerprint density at radius 3 is 0.837 bits per heavy atom. The third kappa shape index (κ3) is 34.1. The quantitative estimate of drug-likeness (QED) is 0.0551. The Kier molecular flexibility index (Phi) is 37.0. The van der Waals surface area contributed by atoms with E-state index in [9.17, 15) is 10.2 Å². The summed E-state index contributed by atoms with van der Waals surface area (Å²) in [6.45, 7) is 4.71. The van der Waals surface area contributed by atoms with E-state index in [0.29, 0.717) is 0 Å². The van der Waals surface area contributed by atoms with Crippen molar-refractivity contribution < 1.29 is 14.9 Å². The van der Waals surface area contributed by atoms with Gasteiger partial charge >= 0.3 is 0 Å². The normalized spacial score (nSPS) is 13.5. The van der Waals surface area contributed by atoms with Crippen LogP contribution in [0.2, 0.25) is 0 Å². The molecule has 0 amide bonds. The highest BCUT2D eigenvalue weighted by atomic mass is 16.5. The van der Waals surface area contributed by atoms with E-state index in [0.717, 1.165) is 12.8 Å². The number of rotatable bonds is 36. The third-order valence-corrected chi connectivity index (χ3v) is 8.95. The number of aliphatic hydroxyl groups is 2. The molecule has 43 heavy (non-hydrogen) atoms. The summed E-state index contributed by atoms with van der Waals surface area (Å²) >= 11 is 0. The summed E-state index contributed by atoms with van der Waals surface area (Å²) in [5.74, 6) is 0. The Morgan fingerprint density at radius 1 is 0.372 bits per heavy atom. The highest BCUT2D eigenvalue weighted by Gasteiger charge is 2.12. The van der Waals surface area contributed by atoms with Crippen molar-refractivity contribution in [2.75, 3.05) is 13.2 Å². The lowest BCUT2D eigenvalue weighted by molar-refractivity contribution is 0.0289. The minimum Gasteiger partial charge on any atom is -0.392 e. The van der Waals surface area contributed by atoms with Crippen molar-refractivity contribution in [3.05, 3.63) is 24.3 Å². The van der Waals surface area contributed by atoms with Crippen LogP contribution in [0.3, 0.4) is 0 Å². The molecule has 2 N–H and O–H groups in total. The predicted molar refractivity (Wildman–Crippen MR) is 191 cm³/mol. The van der Waals surface area contributed by atoms with E-state index in [1.54, 1.807) is 0 Å². The minimum atomic E-state index is 0.0458. The van der Waals surface area contributed by atoms with E-state index >= 15 is 0 Å². The second kappa shape index (κ2) is 37.5. The lowest BCUT2D eigenvalue weighted by atomic mass is 10.0. The summed E-state index contributed by atoms with van der Waals surface area (Å²) in [4.78, 5) is 0. The van der Waals surface area contributed by atoms with E-state index in [1.165, 1.54) is 180 Å². The van der Waals surface area contributed by atoms with Crippen molar-refractivity contribution >= 4 is 0 Å². The molecule has 0 heterocycles. The molecule has 0 aromatic heterocycles. The fourth-order valence-electron chi connectivity index (χ4n) is 6.15.